The highest BCUT2D eigenvalue weighted by Crippen LogP contribution is 2.22. The van der Waals surface area contributed by atoms with Gasteiger partial charge in [0, 0.05) is 23.5 Å². The number of benzene rings is 1. The van der Waals surface area contributed by atoms with Crippen molar-refractivity contribution in [2.45, 2.75) is 31.7 Å². The molecule has 2 rings (SSSR count). The molecule has 0 aromatic heterocycles. The van der Waals surface area contributed by atoms with Gasteiger partial charge in [-0.25, -0.2) is 4.79 Å². The van der Waals surface area contributed by atoms with Crippen LogP contribution in [0.5, 0.6) is 0 Å². The summed E-state index contributed by atoms with van der Waals surface area (Å²) >= 11 is 3.44. The molecule has 5 nitrogen and oxygen atoms in total. The number of nitrogens with two attached hydrogens (primary N) is 1. The topological polar surface area (TPSA) is 75.4 Å². The van der Waals surface area contributed by atoms with Gasteiger partial charge in [0.25, 0.3) is 0 Å². The van der Waals surface area contributed by atoms with Crippen molar-refractivity contribution < 1.29 is 9.59 Å². The molecule has 0 bridgehead atoms. The van der Waals surface area contributed by atoms with Crippen LogP contribution in [0.15, 0.2) is 28.7 Å². The first-order chi connectivity index (χ1) is 10.0. The molecule has 3 amide bonds. The molecule has 1 fully saturated rings. The third kappa shape index (κ3) is 5.13. The number of halogens is 1. The first-order valence-electron chi connectivity index (χ1n) is 7.12. The van der Waals surface area contributed by atoms with Gasteiger partial charge < -0.3 is 5.73 Å². The van der Waals surface area contributed by atoms with Gasteiger partial charge in [0.05, 0.1) is 0 Å². The number of hydrogen-bond donors (Lipinski definition) is 2. The van der Waals surface area contributed by atoms with Gasteiger partial charge >= 0.3 is 6.03 Å². The van der Waals surface area contributed by atoms with Crippen LogP contribution in [0.25, 0.3) is 0 Å². The van der Waals surface area contributed by atoms with E-state index >= 15 is 0 Å². The van der Waals surface area contributed by atoms with E-state index in [2.05, 4.69) is 50.4 Å². The van der Waals surface area contributed by atoms with Crippen molar-refractivity contribution in [3.8, 4) is 0 Å². The van der Waals surface area contributed by atoms with Crippen LogP contribution >= 0.6 is 15.9 Å². The largest absolute Gasteiger partial charge is 0.351 e. The van der Waals surface area contributed by atoms with Crippen molar-refractivity contribution in [1.29, 1.82) is 0 Å². The minimum Gasteiger partial charge on any atom is -0.351 e. The molecule has 0 spiro atoms. The van der Waals surface area contributed by atoms with Gasteiger partial charge in [0.15, 0.2) is 0 Å². The molecular formula is C15H20BrN3O2. The SMILES string of the molecule is NC(=O)NC(=O)CCN1CCC[C@H]1Cc1ccc(Br)cc1. The Bertz CT molecular complexity index is 504. The fraction of sp³-hybridized carbons (Fsp3) is 0.467. The third-order valence-electron chi connectivity index (χ3n) is 3.77. The third-order valence-corrected chi connectivity index (χ3v) is 4.30. The number of nitrogens with zero attached hydrogens (tertiary/aromatic N) is 1. The highest BCUT2D eigenvalue weighted by Gasteiger charge is 2.24. The molecule has 1 aliphatic rings. The first kappa shape index (κ1) is 16.0. The van der Waals surface area contributed by atoms with Gasteiger partial charge in [0.1, 0.15) is 0 Å². The summed E-state index contributed by atoms with van der Waals surface area (Å²) in [5.41, 5.74) is 6.23. The summed E-state index contributed by atoms with van der Waals surface area (Å²) in [4.78, 5) is 24.4. The lowest BCUT2D eigenvalue weighted by atomic mass is 10.0. The highest BCUT2D eigenvalue weighted by atomic mass is 79.9. The summed E-state index contributed by atoms with van der Waals surface area (Å²) in [6, 6.07) is 8.03. The number of primary amides is 1. The fourth-order valence-corrected chi connectivity index (χ4v) is 3.02. The second-order valence-electron chi connectivity index (χ2n) is 5.33. The Morgan fingerprint density at radius 2 is 2.05 bits per heavy atom. The van der Waals surface area contributed by atoms with E-state index in [0.717, 1.165) is 30.3 Å². The summed E-state index contributed by atoms with van der Waals surface area (Å²) in [5.74, 6) is -0.309. The number of amides is 3. The maximum Gasteiger partial charge on any atom is 0.318 e. The molecule has 21 heavy (non-hydrogen) atoms. The minimum atomic E-state index is -0.784. The molecule has 1 aromatic rings. The van der Waals surface area contributed by atoms with Crippen LogP contribution in [0.1, 0.15) is 24.8 Å². The number of rotatable bonds is 5. The molecule has 3 N–H and O–H groups in total. The standard InChI is InChI=1S/C15H20BrN3O2/c16-12-5-3-11(4-6-12)10-13-2-1-8-19(13)9-7-14(20)18-15(17)21/h3-6,13H,1-2,7-10H2,(H3,17,18,20,21)/t13-/m0/s1. The number of carbonyl (C=O) groups is 2. The number of carbonyl (C=O) groups excluding carboxylic acids is 2. The minimum absolute atomic E-state index is 0.305. The van der Waals surface area contributed by atoms with Gasteiger partial charge in [-0.2, -0.15) is 0 Å². The zero-order valence-corrected chi connectivity index (χ0v) is 13.4. The molecule has 1 saturated heterocycles. The Morgan fingerprint density at radius 1 is 1.33 bits per heavy atom. The van der Waals surface area contributed by atoms with Crippen molar-refractivity contribution in [1.82, 2.24) is 10.2 Å². The maximum absolute atomic E-state index is 11.5. The van der Waals surface area contributed by atoms with E-state index < -0.39 is 6.03 Å². The molecule has 1 atom stereocenters. The molecule has 0 aliphatic carbocycles. The summed E-state index contributed by atoms with van der Waals surface area (Å²) in [6.07, 6.45) is 3.59. The molecule has 1 aliphatic heterocycles. The number of hydrogen-bond acceptors (Lipinski definition) is 3. The predicted molar refractivity (Wildman–Crippen MR) is 84.8 cm³/mol. The van der Waals surface area contributed by atoms with Crippen molar-refractivity contribution in [2.24, 2.45) is 5.73 Å². The van der Waals surface area contributed by atoms with E-state index in [4.69, 9.17) is 5.73 Å². The van der Waals surface area contributed by atoms with Crippen molar-refractivity contribution >= 4 is 27.9 Å². The van der Waals surface area contributed by atoms with Gasteiger partial charge in [-0.05, 0) is 43.5 Å². The number of imide groups is 1. The average molecular weight is 354 g/mol. The molecule has 114 valence electrons. The highest BCUT2D eigenvalue weighted by molar-refractivity contribution is 9.10. The normalized spacial score (nSPS) is 18.6. The molecule has 0 unspecified atom stereocenters. The van der Waals surface area contributed by atoms with Gasteiger partial charge in [-0.1, -0.05) is 28.1 Å². The Labute approximate surface area is 133 Å². The van der Waals surface area contributed by atoms with Gasteiger partial charge in [-0.3, -0.25) is 15.0 Å². The van der Waals surface area contributed by atoms with Crippen LogP contribution in [0.3, 0.4) is 0 Å². The molecule has 1 heterocycles. The molecular weight excluding hydrogens is 334 g/mol. The molecule has 0 radical (unpaired) electrons. The Balaban J connectivity index is 1.84. The quantitative estimate of drug-likeness (QED) is 0.850. The van der Waals surface area contributed by atoms with Gasteiger partial charge in [-0.15, -0.1) is 0 Å². The average Bonchev–Trinajstić information content (AvgIpc) is 2.86. The van der Waals surface area contributed by atoms with Crippen LogP contribution in [0.2, 0.25) is 0 Å². The van der Waals surface area contributed by atoms with Crippen molar-refractivity contribution in [2.75, 3.05) is 13.1 Å². The van der Waals surface area contributed by atoms with E-state index in [0.29, 0.717) is 19.0 Å². The Kier molecular flexibility index (Phi) is 5.76. The van der Waals surface area contributed by atoms with E-state index in [1.165, 1.54) is 5.56 Å². The van der Waals surface area contributed by atoms with Crippen LogP contribution in [0.4, 0.5) is 4.79 Å². The van der Waals surface area contributed by atoms with Crippen molar-refractivity contribution in [3.05, 3.63) is 34.3 Å². The summed E-state index contributed by atoms with van der Waals surface area (Å²) in [5, 5.41) is 2.11. The zero-order valence-electron chi connectivity index (χ0n) is 11.8. The monoisotopic (exact) mass is 353 g/mol. The van der Waals surface area contributed by atoms with Crippen LogP contribution in [-0.2, 0) is 11.2 Å². The lowest BCUT2D eigenvalue weighted by Gasteiger charge is -2.24. The number of nitrogens with one attached hydrogen (secondary N) is 1. The molecule has 0 saturated carbocycles. The van der Waals surface area contributed by atoms with Crippen LogP contribution in [-0.4, -0.2) is 36.0 Å². The number of urea groups is 1. The molecule has 1 aromatic carbocycles. The van der Waals surface area contributed by atoms with Gasteiger partial charge in [0.2, 0.25) is 5.91 Å². The zero-order chi connectivity index (χ0) is 15.2. The second-order valence-corrected chi connectivity index (χ2v) is 6.24. The maximum atomic E-state index is 11.5. The predicted octanol–water partition coefficient (Wildman–Crippen LogP) is 2.04. The summed E-state index contributed by atoms with van der Waals surface area (Å²) in [7, 11) is 0. The first-order valence-corrected chi connectivity index (χ1v) is 7.91. The number of likely N-dealkylation sites (tertiary alicyclic amines) is 1. The summed E-state index contributed by atoms with van der Waals surface area (Å²) in [6.45, 7) is 1.67. The van der Waals surface area contributed by atoms with E-state index in [-0.39, 0.29) is 5.91 Å². The molecule has 6 heteroatoms. The Morgan fingerprint density at radius 3 is 2.71 bits per heavy atom. The van der Waals surface area contributed by atoms with E-state index in [9.17, 15) is 9.59 Å². The van der Waals surface area contributed by atoms with Crippen molar-refractivity contribution in [3.63, 3.8) is 0 Å². The lowest BCUT2D eigenvalue weighted by molar-refractivity contribution is -0.120. The van der Waals surface area contributed by atoms with Crippen LogP contribution in [0, 0.1) is 0 Å². The smallest absolute Gasteiger partial charge is 0.318 e. The van der Waals surface area contributed by atoms with E-state index in [1.54, 1.807) is 0 Å². The lowest BCUT2D eigenvalue weighted by Crippen LogP contribution is -2.38. The van der Waals surface area contributed by atoms with E-state index in [1.807, 2.05) is 0 Å². The van der Waals surface area contributed by atoms with Crippen LogP contribution < -0.4 is 11.1 Å². The second kappa shape index (κ2) is 7.56. The fourth-order valence-electron chi connectivity index (χ4n) is 2.76. The Hall–Kier alpha value is -1.40. The summed E-state index contributed by atoms with van der Waals surface area (Å²) < 4.78 is 1.08.